The molecule has 0 radical (unpaired) electrons. The lowest BCUT2D eigenvalue weighted by molar-refractivity contribution is 0.542. The Bertz CT molecular complexity index is 585. The van der Waals surface area contributed by atoms with Crippen LogP contribution in [0.15, 0.2) is 40.9 Å². The third-order valence-corrected chi connectivity index (χ3v) is 3.77. The summed E-state index contributed by atoms with van der Waals surface area (Å²) in [5.41, 5.74) is 7.75. The lowest BCUT2D eigenvalue weighted by Crippen LogP contribution is -2.15. The van der Waals surface area contributed by atoms with Gasteiger partial charge in [0.1, 0.15) is 11.6 Å². The molecule has 0 aliphatic rings. The van der Waals surface area contributed by atoms with Gasteiger partial charge in [0.15, 0.2) is 0 Å². The van der Waals surface area contributed by atoms with Crippen LogP contribution in [0.3, 0.4) is 0 Å². The fourth-order valence-corrected chi connectivity index (χ4v) is 2.51. The number of benzene rings is 2. The zero-order chi connectivity index (χ0) is 14.9. The fourth-order valence-electron chi connectivity index (χ4n) is 2.11. The van der Waals surface area contributed by atoms with Crippen molar-refractivity contribution in [3.05, 3.63) is 69.2 Å². The van der Waals surface area contributed by atoms with Crippen LogP contribution in [0.5, 0.6) is 0 Å². The first kappa shape index (κ1) is 15.1. The maximum atomic E-state index is 13.9. The summed E-state index contributed by atoms with van der Waals surface area (Å²) in [6, 6.07) is 9.15. The van der Waals surface area contributed by atoms with Crippen LogP contribution < -0.4 is 5.73 Å². The van der Waals surface area contributed by atoms with E-state index in [9.17, 15) is 8.78 Å². The molecule has 1 nitrogen and oxygen atoms in total. The first-order valence-corrected chi connectivity index (χ1v) is 7.19. The molecule has 0 heterocycles. The Kier molecular flexibility index (Phi) is 4.55. The molecule has 2 aromatic rings. The molecule has 20 heavy (non-hydrogen) atoms. The molecule has 0 amide bonds. The second-order valence-electron chi connectivity index (χ2n) is 5.08. The van der Waals surface area contributed by atoms with Gasteiger partial charge in [-0.3, -0.25) is 0 Å². The molecule has 0 saturated heterocycles. The van der Waals surface area contributed by atoms with Crippen LogP contribution in [0.1, 0.15) is 42.5 Å². The minimum atomic E-state index is -0.815. The van der Waals surface area contributed by atoms with Crippen molar-refractivity contribution in [3.8, 4) is 0 Å². The van der Waals surface area contributed by atoms with E-state index >= 15 is 0 Å². The fraction of sp³-hybridized carbons (Fsp3) is 0.250. The van der Waals surface area contributed by atoms with Gasteiger partial charge in [0.25, 0.3) is 0 Å². The van der Waals surface area contributed by atoms with Crippen molar-refractivity contribution >= 4 is 15.9 Å². The Balaban J connectivity index is 2.38. The zero-order valence-electron chi connectivity index (χ0n) is 11.3. The molecule has 2 aromatic carbocycles. The summed E-state index contributed by atoms with van der Waals surface area (Å²) in [6.07, 6.45) is 0. The number of nitrogens with two attached hydrogens (primary N) is 1. The van der Waals surface area contributed by atoms with Gasteiger partial charge in [-0.25, -0.2) is 8.78 Å². The molecule has 0 aromatic heterocycles. The lowest BCUT2D eigenvalue weighted by atomic mass is 9.95. The summed E-state index contributed by atoms with van der Waals surface area (Å²) in [6.45, 7) is 4.17. The van der Waals surface area contributed by atoms with Gasteiger partial charge in [-0.2, -0.15) is 0 Å². The van der Waals surface area contributed by atoms with Crippen LogP contribution in [-0.4, -0.2) is 0 Å². The third-order valence-electron chi connectivity index (χ3n) is 3.32. The average molecular weight is 340 g/mol. The zero-order valence-corrected chi connectivity index (χ0v) is 12.9. The molecule has 1 atom stereocenters. The molecule has 4 heteroatoms. The van der Waals surface area contributed by atoms with Crippen LogP contribution in [0.4, 0.5) is 8.78 Å². The van der Waals surface area contributed by atoms with Gasteiger partial charge in [-0.15, -0.1) is 0 Å². The van der Waals surface area contributed by atoms with E-state index in [1.165, 1.54) is 12.1 Å². The second kappa shape index (κ2) is 6.02. The minimum absolute atomic E-state index is 0.106. The highest BCUT2D eigenvalue weighted by Crippen LogP contribution is 2.28. The summed E-state index contributed by atoms with van der Waals surface area (Å²) in [7, 11) is 0. The van der Waals surface area contributed by atoms with E-state index in [4.69, 9.17) is 5.73 Å². The SMILES string of the molecule is CC(C)c1ccc(C(N)c2c(F)cc(Br)cc2F)cc1. The number of halogens is 3. The summed E-state index contributed by atoms with van der Waals surface area (Å²) in [4.78, 5) is 0. The molecule has 0 spiro atoms. The summed E-state index contributed by atoms with van der Waals surface area (Å²) >= 11 is 3.06. The normalized spacial score (nSPS) is 12.8. The lowest BCUT2D eigenvalue weighted by Gasteiger charge is -2.16. The average Bonchev–Trinajstić information content (AvgIpc) is 2.37. The number of hydrogen-bond acceptors (Lipinski definition) is 1. The highest BCUT2D eigenvalue weighted by molar-refractivity contribution is 9.10. The Morgan fingerprint density at radius 1 is 0.950 bits per heavy atom. The molecule has 0 aliphatic carbocycles. The predicted molar refractivity (Wildman–Crippen MR) is 80.6 cm³/mol. The van der Waals surface area contributed by atoms with E-state index in [0.717, 1.165) is 5.56 Å². The third kappa shape index (κ3) is 3.07. The minimum Gasteiger partial charge on any atom is -0.320 e. The van der Waals surface area contributed by atoms with Crippen molar-refractivity contribution in [3.63, 3.8) is 0 Å². The van der Waals surface area contributed by atoms with Crippen molar-refractivity contribution in [2.75, 3.05) is 0 Å². The highest BCUT2D eigenvalue weighted by Gasteiger charge is 2.19. The van der Waals surface area contributed by atoms with Crippen molar-refractivity contribution < 1.29 is 8.78 Å². The standard InChI is InChI=1S/C16H16BrF2N/c1-9(2)10-3-5-11(6-4-10)16(20)15-13(18)7-12(17)8-14(15)19/h3-9,16H,20H2,1-2H3. The summed E-state index contributed by atoms with van der Waals surface area (Å²) in [5, 5.41) is 0. The second-order valence-corrected chi connectivity index (χ2v) is 6.00. The summed E-state index contributed by atoms with van der Waals surface area (Å²) in [5.74, 6) is -0.879. The molecule has 0 aliphatic heterocycles. The van der Waals surface area contributed by atoms with E-state index in [-0.39, 0.29) is 5.56 Å². The van der Waals surface area contributed by atoms with Gasteiger partial charge in [0.2, 0.25) is 0 Å². The molecular formula is C16H16BrF2N. The predicted octanol–water partition coefficient (Wildman–Crippen LogP) is 4.90. The van der Waals surface area contributed by atoms with Crippen LogP contribution in [0.25, 0.3) is 0 Å². The molecule has 2 rings (SSSR count). The number of hydrogen-bond donors (Lipinski definition) is 1. The highest BCUT2D eigenvalue weighted by atomic mass is 79.9. The summed E-state index contributed by atoms with van der Waals surface area (Å²) < 4.78 is 28.2. The first-order valence-electron chi connectivity index (χ1n) is 6.40. The van der Waals surface area contributed by atoms with Gasteiger partial charge in [0.05, 0.1) is 6.04 Å². The van der Waals surface area contributed by atoms with Gasteiger partial charge >= 0.3 is 0 Å². The molecule has 0 saturated carbocycles. The quantitative estimate of drug-likeness (QED) is 0.845. The van der Waals surface area contributed by atoms with Crippen LogP contribution in [0.2, 0.25) is 0 Å². The van der Waals surface area contributed by atoms with Gasteiger partial charge in [-0.1, -0.05) is 54.0 Å². The van der Waals surface area contributed by atoms with E-state index < -0.39 is 17.7 Å². The van der Waals surface area contributed by atoms with Crippen LogP contribution in [0, 0.1) is 11.6 Å². The van der Waals surface area contributed by atoms with Crippen molar-refractivity contribution in [1.82, 2.24) is 0 Å². The molecule has 106 valence electrons. The molecule has 1 unspecified atom stereocenters. The van der Waals surface area contributed by atoms with Crippen molar-refractivity contribution in [1.29, 1.82) is 0 Å². The van der Waals surface area contributed by atoms with Crippen LogP contribution in [-0.2, 0) is 0 Å². The van der Waals surface area contributed by atoms with Gasteiger partial charge in [-0.05, 0) is 29.2 Å². The number of rotatable bonds is 3. The van der Waals surface area contributed by atoms with Crippen molar-refractivity contribution in [2.24, 2.45) is 5.73 Å². The van der Waals surface area contributed by atoms with E-state index in [1.807, 2.05) is 24.3 Å². The van der Waals surface area contributed by atoms with Gasteiger partial charge in [0, 0.05) is 10.0 Å². The molecular weight excluding hydrogens is 324 g/mol. The van der Waals surface area contributed by atoms with Crippen LogP contribution >= 0.6 is 15.9 Å². The Labute approximate surface area is 125 Å². The smallest absolute Gasteiger partial charge is 0.132 e. The monoisotopic (exact) mass is 339 g/mol. The van der Waals surface area contributed by atoms with Crippen molar-refractivity contribution in [2.45, 2.75) is 25.8 Å². The first-order chi connectivity index (χ1) is 9.40. The van der Waals surface area contributed by atoms with E-state index in [0.29, 0.717) is 16.0 Å². The molecule has 0 fully saturated rings. The van der Waals surface area contributed by atoms with E-state index in [2.05, 4.69) is 29.8 Å². The maximum Gasteiger partial charge on any atom is 0.132 e. The molecule has 2 N–H and O–H groups in total. The Hall–Kier alpha value is -1.26. The Morgan fingerprint density at radius 3 is 1.85 bits per heavy atom. The van der Waals surface area contributed by atoms with E-state index in [1.54, 1.807) is 0 Å². The molecule has 0 bridgehead atoms. The van der Waals surface area contributed by atoms with Gasteiger partial charge < -0.3 is 5.73 Å². The Morgan fingerprint density at radius 2 is 1.40 bits per heavy atom. The topological polar surface area (TPSA) is 26.0 Å². The largest absolute Gasteiger partial charge is 0.320 e. The maximum absolute atomic E-state index is 13.9.